The summed E-state index contributed by atoms with van der Waals surface area (Å²) in [5, 5.41) is -0.359. The van der Waals surface area contributed by atoms with Crippen molar-refractivity contribution >= 4 is 11.6 Å². The van der Waals surface area contributed by atoms with Crippen molar-refractivity contribution in [2.24, 2.45) is 0 Å². The Balaban J connectivity index is 2.03. The number of alkyl halides is 1. The van der Waals surface area contributed by atoms with Crippen LogP contribution in [0.1, 0.15) is 41.5 Å². The molecule has 2 aromatic carbocycles. The molecule has 0 spiro atoms. The first-order valence-corrected chi connectivity index (χ1v) is 7.49. The summed E-state index contributed by atoms with van der Waals surface area (Å²) in [5.41, 5.74) is 3.93. The summed E-state index contributed by atoms with van der Waals surface area (Å²) in [6, 6.07) is 10.8. The summed E-state index contributed by atoms with van der Waals surface area (Å²) in [7, 11) is 0. The average Bonchev–Trinajstić information content (AvgIpc) is 2.76. The zero-order valence-corrected chi connectivity index (χ0v) is 13.2. The van der Waals surface area contributed by atoms with Crippen molar-refractivity contribution in [3.8, 4) is 5.75 Å². The Hall–Kier alpha value is -1.54. The van der Waals surface area contributed by atoms with E-state index in [2.05, 4.69) is 19.9 Å². The number of fused-ring (bicyclic) bond motifs is 1. The summed E-state index contributed by atoms with van der Waals surface area (Å²) in [4.78, 5) is 0. The fourth-order valence-electron chi connectivity index (χ4n) is 2.76. The van der Waals surface area contributed by atoms with E-state index >= 15 is 0 Å². The van der Waals surface area contributed by atoms with E-state index in [-0.39, 0.29) is 16.6 Å². The average molecular weight is 305 g/mol. The predicted octanol–water partition coefficient (Wildman–Crippen LogP) is 5.13. The minimum Gasteiger partial charge on any atom is -0.492 e. The maximum absolute atomic E-state index is 13.5. The highest BCUT2D eigenvalue weighted by molar-refractivity contribution is 6.22. The van der Waals surface area contributed by atoms with Gasteiger partial charge in [-0.15, -0.1) is 11.6 Å². The van der Waals surface area contributed by atoms with Crippen LogP contribution in [0.4, 0.5) is 4.39 Å². The van der Waals surface area contributed by atoms with Gasteiger partial charge in [-0.2, -0.15) is 0 Å². The van der Waals surface area contributed by atoms with Crippen molar-refractivity contribution < 1.29 is 9.13 Å². The zero-order chi connectivity index (χ0) is 15.2. The number of hydrogen-bond donors (Lipinski definition) is 0. The summed E-state index contributed by atoms with van der Waals surface area (Å²) in [5.74, 6) is 0.662. The summed E-state index contributed by atoms with van der Waals surface area (Å²) < 4.78 is 19.2. The van der Waals surface area contributed by atoms with Crippen LogP contribution in [-0.4, -0.2) is 6.61 Å². The lowest BCUT2D eigenvalue weighted by Crippen LogP contribution is -2.18. The molecule has 1 heterocycles. The highest BCUT2D eigenvalue weighted by Crippen LogP contribution is 2.41. The van der Waals surface area contributed by atoms with E-state index in [0.29, 0.717) is 6.61 Å². The van der Waals surface area contributed by atoms with Crippen LogP contribution in [0.25, 0.3) is 0 Å². The topological polar surface area (TPSA) is 9.23 Å². The maximum Gasteiger partial charge on any atom is 0.123 e. The Kier molecular flexibility index (Phi) is 3.45. The van der Waals surface area contributed by atoms with Crippen LogP contribution >= 0.6 is 11.6 Å². The monoisotopic (exact) mass is 304 g/mol. The highest BCUT2D eigenvalue weighted by atomic mass is 35.5. The second-order valence-corrected chi connectivity index (χ2v) is 6.73. The molecule has 0 aliphatic carbocycles. The first-order chi connectivity index (χ1) is 9.88. The molecule has 0 amide bonds. The zero-order valence-electron chi connectivity index (χ0n) is 12.4. The molecular weight excluding hydrogens is 287 g/mol. The van der Waals surface area contributed by atoms with E-state index in [1.165, 1.54) is 17.7 Å². The van der Waals surface area contributed by atoms with Gasteiger partial charge in [-0.25, -0.2) is 4.39 Å². The lowest BCUT2D eigenvalue weighted by atomic mass is 9.85. The molecule has 0 fully saturated rings. The number of ether oxygens (including phenoxy) is 1. The lowest BCUT2D eigenvalue weighted by Gasteiger charge is -2.18. The van der Waals surface area contributed by atoms with Crippen molar-refractivity contribution in [1.29, 1.82) is 0 Å². The smallest absolute Gasteiger partial charge is 0.123 e. The first kappa shape index (κ1) is 14.4. The van der Waals surface area contributed by atoms with Crippen LogP contribution in [0, 0.1) is 12.7 Å². The second kappa shape index (κ2) is 5.03. The molecule has 0 radical (unpaired) electrons. The van der Waals surface area contributed by atoms with Gasteiger partial charge in [0, 0.05) is 11.0 Å². The summed E-state index contributed by atoms with van der Waals surface area (Å²) in [6.45, 7) is 6.93. The Morgan fingerprint density at radius 2 is 1.95 bits per heavy atom. The predicted molar refractivity (Wildman–Crippen MR) is 83.8 cm³/mol. The number of hydrogen-bond acceptors (Lipinski definition) is 1. The standard InChI is InChI=1S/C18H18ClFO/c1-11-4-6-13(20)9-14(11)17(19)12-5-7-16-15(8-12)18(2,3)10-21-16/h4-9,17H,10H2,1-3H3. The van der Waals surface area contributed by atoms with Crippen molar-refractivity contribution in [1.82, 2.24) is 0 Å². The van der Waals surface area contributed by atoms with Crippen molar-refractivity contribution in [3.63, 3.8) is 0 Å². The molecule has 0 aromatic heterocycles. The molecule has 0 bridgehead atoms. The van der Waals surface area contributed by atoms with Crippen molar-refractivity contribution in [2.75, 3.05) is 6.61 Å². The minimum atomic E-state index is -0.359. The molecule has 3 rings (SSSR count). The van der Waals surface area contributed by atoms with Crippen molar-refractivity contribution in [3.05, 3.63) is 64.5 Å². The van der Waals surface area contributed by atoms with Gasteiger partial charge in [0.05, 0.1) is 12.0 Å². The third-order valence-electron chi connectivity index (χ3n) is 4.13. The van der Waals surface area contributed by atoms with Gasteiger partial charge in [0.1, 0.15) is 11.6 Å². The fourth-order valence-corrected chi connectivity index (χ4v) is 3.13. The van der Waals surface area contributed by atoms with Crippen molar-refractivity contribution in [2.45, 2.75) is 31.6 Å². The molecule has 1 unspecified atom stereocenters. The fraction of sp³-hybridized carbons (Fsp3) is 0.333. The molecule has 1 aliphatic heterocycles. The number of rotatable bonds is 2. The van der Waals surface area contributed by atoms with Crippen LogP contribution in [-0.2, 0) is 5.41 Å². The largest absolute Gasteiger partial charge is 0.492 e. The number of halogens is 2. The maximum atomic E-state index is 13.5. The normalized spacial score (nSPS) is 17.2. The second-order valence-electron chi connectivity index (χ2n) is 6.29. The number of benzene rings is 2. The van der Waals surface area contributed by atoms with E-state index in [1.54, 1.807) is 6.07 Å². The third-order valence-corrected chi connectivity index (χ3v) is 4.62. The Morgan fingerprint density at radius 3 is 2.71 bits per heavy atom. The van der Waals surface area contributed by atoms with Crippen LogP contribution in [0.3, 0.4) is 0 Å². The molecule has 0 N–H and O–H groups in total. The first-order valence-electron chi connectivity index (χ1n) is 7.06. The van der Waals surface area contributed by atoms with Gasteiger partial charge < -0.3 is 4.74 Å². The summed E-state index contributed by atoms with van der Waals surface area (Å²) in [6.07, 6.45) is 0. The molecule has 110 valence electrons. The van der Waals surface area contributed by atoms with Gasteiger partial charge in [0.2, 0.25) is 0 Å². The highest BCUT2D eigenvalue weighted by Gasteiger charge is 2.32. The Labute approximate surface area is 129 Å². The van der Waals surface area contributed by atoms with E-state index < -0.39 is 0 Å². The SMILES string of the molecule is Cc1ccc(F)cc1C(Cl)c1ccc2c(c1)C(C)(C)CO2. The van der Waals surface area contributed by atoms with Gasteiger partial charge in [-0.1, -0.05) is 26.0 Å². The molecule has 21 heavy (non-hydrogen) atoms. The van der Waals surface area contributed by atoms with Crippen LogP contribution in [0.5, 0.6) is 5.75 Å². The molecule has 0 saturated carbocycles. The van der Waals surface area contributed by atoms with Gasteiger partial charge in [0.15, 0.2) is 0 Å². The van der Waals surface area contributed by atoms with E-state index in [0.717, 1.165) is 22.4 Å². The van der Waals surface area contributed by atoms with E-state index in [1.807, 2.05) is 19.1 Å². The molecule has 1 nitrogen and oxygen atoms in total. The molecule has 3 heteroatoms. The molecular formula is C18H18ClFO. The van der Waals surface area contributed by atoms with Gasteiger partial charge in [-0.05, 0) is 47.9 Å². The molecule has 1 aliphatic rings. The van der Waals surface area contributed by atoms with Crippen LogP contribution < -0.4 is 4.74 Å². The molecule has 0 saturated heterocycles. The number of aryl methyl sites for hydroxylation is 1. The summed E-state index contributed by atoms with van der Waals surface area (Å²) >= 11 is 6.60. The third kappa shape index (κ3) is 2.53. The van der Waals surface area contributed by atoms with Crippen LogP contribution in [0.15, 0.2) is 36.4 Å². The molecule has 1 atom stereocenters. The lowest BCUT2D eigenvalue weighted by molar-refractivity contribution is 0.291. The van der Waals surface area contributed by atoms with Gasteiger partial charge in [-0.3, -0.25) is 0 Å². The van der Waals surface area contributed by atoms with E-state index in [9.17, 15) is 4.39 Å². The Morgan fingerprint density at radius 1 is 1.19 bits per heavy atom. The Bertz CT molecular complexity index is 694. The van der Waals surface area contributed by atoms with Crippen LogP contribution in [0.2, 0.25) is 0 Å². The van der Waals surface area contributed by atoms with E-state index in [4.69, 9.17) is 16.3 Å². The molecule has 2 aromatic rings. The quantitative estimate of drug-likeness (QED) is 0.699. The minimum absolute atomic E-state index is 0.0149. The van der Waals surface area contributed by atoms with Gasteiger partial charge in [0.25, 0.3) is 0 Å². The van der Waals surface area contributed by atoms with Gasteiger partial charge >= 0.3 is 0 Å².